The molecule has 0 fully saturated rings. The van der Waals surface area contributed by atoms with Crippen molar-refractivity contribution in [3.05, 3.63) is 153 Å². The number of nitrogen functional groups attached to an aromatic ring is 1. The van der Waals surface area contributed by atoms with Crippen molar-refractivity contribution in [1.29, 1.82) is 5.26 Å². The third-order valence-corrected chi connectivity index (χ3v) is 7.79. The number of nitriles is 1. The van der Waals surface area contributed by atoms with Crippen LogP contribution in [-0.4, -0.2) is 45.4 Å². The molecule has 57 heavy (non-hydrogen) atoms. The monoisotopic (exact) mass is 842 g/mol. The molecule has 0 bridgehead atoms. The number of hydrogen-bond donors (Lipinski definition) is 2. The molecule has 0 radical (unpaired) electrons. The van der Waals surface area contributed by atoms with Gasteiger partial charge in [-0.2, -0.15) is 5.26 Å². The van der Waals surface area contributed by atoms with Crippen molar-refractivity contribution in [3.63, 3.8) is 0 Å². The summed E-state index contributed by atoms with van der Waals surface area (Å²) in [5.74, 6) is 0.172. The van der Waals surface area contributed by atoms with Gasteiger partial charge in [0.15, 0.2) is 17.3 Å². The zero-order chi connectivity index (χ0) is 39.4. The van der Waals surface area contributed by atoms with Gasteiger partial charge >= 0.3 is 0 Å². The molecule has 298 valence electrons. The van der Waals surface area contributed by atoms with E-state index in [1.165, 1.54) is 24.8 Å². The van der Waals surface area contributed by atoms with Crippen molar-refractivity contribution in [3.8, 4) is 17.5 Å². The molecule has 19 heteroatoms. The number of hydrogen-bond acceptors (Lipinski definition) is 10. The molecule has 0 unspecified atom stereocenters. The Bertz CT molecular complexity index is 2460. The predicted molar refractivity (Wildman–Crippen MR) is 218 cm³/mol. The normalized spacial score (nSPS) is 10.0. The Morgan fingerprint density at radius 1 is 0.754 bits per heavy atom. The van der Waals surface area contributed by atoms with E-state index in [1.54, 1.807) is 80.3 Å². The van der Waals surface area contributed by atoms with E-state index in [9.17, 15) is 13.2 Å². The van der Waals surface area contributed by atoms with Crippen molar-refractivity contribution in [1.82, 2.24) is 39.5 Å². The van der Waals surface area contributed by atoms with Crippen molar-refractivity contribution in [2.75, 3.05) is 5.73 Å². The highest BCUT2D eigenvalue weighted by Gasteiger charge is 2.12. The zero-order valence-electron chi connectivity index (χ0n) is 29.0. The van der Waals surface area contributed by atoms with Gasteiger partial charge in [0.1, 0.15) is 35.2 Å². The highest BCUT2D eigenvalue weighted by Crippen LogP contribution is 2.22. The quantitative estimate of drug-likeness (QED) is 0.0987. The zero-order valence-corrected chi connectivity index (χ0v) is 31.2. The van der Waals surface area contributed by atoms with Crippen LogP contribution in [0.4, 0.5) is 29.5 Å². The van der Waals surface area contributed by atoms with Crippen LogP contribution >= 0.6 is 34.8 Å². The second kappa shape index (κ2) is 22.9. The molecule has 0 amide bonds. The van der Waals surface area contributed by atoms with Crippen LogP contribution in [0.2, 0.25) is 15.1 Å². The van der Waals surface area contributed by atoms with Gasteiger partial charge in [0.2, 0.25) is 0 Å². The molecule has 12 nitrogen and oxygen atoms in total. The minimum Gasteiger partial charge on any atom is -0.384 e. The number of halogens is 7. The van der Waals surface area contributed by atoms with Crippen molar-refractivity contribution in [2.45, 2.75) is 35.6 Å². The van der Waals surface area contributed by atoms with Gasteiger partial charge in [-0.15, -0.1) is 5.10 Å². The minimum absolute atomic E-state index is 0. The van der Waals surface area contributed by atoms with E-state index >= 15 is 0 Å². The van der Waals surface area contributed by atoms with Gasteiger partial charge in [-0.1, -0.05) is 49.7 Å². The number of pyridine rings is 6. The van der Waals surface area contributed by atoms with Crippen LogP contribution in [0.25, 0.3) is 17.0 Å². The molecule has 0 aromatic carbocycles. The van der Waals surface area contributed by atoms with E-state index in [0.717, 1.165) is 12.4 Å². The summed E-state index contributed by atoms with van der Waals surface area (Å²) in [6, 6.07) is 11.7. The average Bonchev–Trinajstić information content (AvgIpc) is 3.55. The molecule has 7 aromatic rings. The van der Waals surface area contributed by atoms with Crippen LogP contribution in [0.5, 0.6) is 0 Å². The van der Waals surface area contributed by atoms with Crippen molar-refractivity contribution in [2.24, 2.45) is 10.7 Å². The molecule has 7 rings (SSSR count). The van der Waals surface area contributed by atoms with Crippen molar-refractivity contribution >= 4 is 57.9 Å². The molecule has 0 aliphatic rings. The summed E-state index contributed by atoms with van der Waals surface area (Å²) < 4.78 is 40.9. The van der Waals surface area contributed by atoms with Gasteiger partial charge in [-0.05, 0) is 56.2 Å². The predicted octanol–water partition coefficient (Wildman–Crippen LogP) is 9.65. The van der Waals surface area contributed by atoms with Crippen LogP contribution in [0.3, 0.4) is 0 Å². The van der Waals surface area contributed by atoms with E-state index < -0.39 is 11.6 Å². The second-order valence-electron chi connectivity index (χ2n) is 10.8. The minimum atomic E-state index is -0.431. The number of aliphatic imine (C=N–C) groups is 1. The first-order chi connectivity index (χ1) is 25.8. The lowest BCUT2D eigenvalue weighted by atomic mass is 10.1. The van der Waals surface area contributed by atoms with Gasteiger partial charge in [0.05, 0.1) is 24.2 Å². The van der Waals surface area contributed by atoms with Gasteiger partial charge in [-0.3, -0.25) is 19.7 Å². The lowest BCUT2D eigenvalue weighted by Crippen LogP contribution is -2.15. The standard InChI is InChI=1S/C12H8ClFN4.C12H10ClFN4.C7H5FN2.C5H5ClN2.2CH4.FH/c1-7-9(5-15-6-10(7)14)12-16-11-4-8(13)2-3-18(11)17-12;1-7-9(5-16-6-10(7)14)12(15)18-11-4-8(13)2-3-17-11;1-5-6(2-9)3-10-4-7(5)8;6-4-1-2-8-5(7)3-4;;;/h2-6H,1H3;2-6H,1H3,(H2,15,17,18);3-4H,1H3;1-3H,(H2,7,8);2*1H4;1H. The second-order valence-corrected chi connectivity index (χ2v) is 12.1. The number of anilines is 1. The Labute approximate surface area is 341 Å². The average molecular weight is 844 g/mol. The Kier molecular flexibility index (Phi) is 19.6. The SMILES string of the molecule is C.C.Cc1c(F)cncc1-c1nc2cc(Cl)ccn2n1.Cc1c(F)cncc1C#N.Cc1c(F)cncc1C(N)=Nc1cc(Cl)ccn1.F.Nc1cc(Cl)ccn1. The van der Waals surface area contributed by atoms with E-state index in [1.807, 2.05) is 6.07 Å². The molecule has 0 aliphatic carbocycles. The van der Waals surface area contributed by atoms with Crippen LogP contribution in [0.15, 0.2) is 97.2 Å². The Hall–Kier alpha value is -6.28. The summed E-state index contributed by atoms with van der Waals surface area (Å²) in [7, 11) is 0. The van der Waals surface area contributed by atoms with Gasteiger partial charge < -0.3 is 11.5 Å². The third-order valence-electron chi connectivity index (χ3n) is 7.08. The van der Waals surface area contributed by atoms with E-state index in [-0.39, 0.29) is 31.2 Å². The number of rotatable bonds is 3. The summed E-state index contributed by atoms with van der Waals surface area (Å²) >= 11 is 17.2. The molecule has 0 saturated heterocycles. The van der Waals surface area contributed by atoms with Crippen LogP contribution < -0.4 is 11.5 Å². The van der Waals surface area contributed by atoms with E-state index in [4.69, 9.17) is 51.5 Å². The first kappa shape index (κ1) is 48.7. The lowest BCUT2D eigenvalue weighted by molar-refractivity contribution is 0.611. The molecule has 7 aromatic heterocycles. The number of fused-ring (bicyclic) bond motifs is 1. The molecule has 0 spiro atoms. The van der Waals surface area contributed by atoms with Crippen LogP contribution in [0, 0.1) is 49.6 Å². The number of nitrogens with two attached hydrogens (primary N) is 2. The van der Waals surface area contributed by atoms with E-state index in [2.05, 4.69) is 40.0 Å². The molecule has 0 saturated carbocycles. The maximum atomic E-state index is 13.4. The number of nitrogens with zero attached hydrogens (tertiary/aromatic N) is 10. The highest BCUT2D eigenvalue weighted by molar-refractivity contribution is 6.31. The fourth-order valence-corrected chi connectivity index (χ4v) is 4.60. The molecule has 7 heterocycles. The lowest BCUT2D eigenvalue weighted by Gasteiger charge is -2.05. The highest BCUT2D eigenvalue weighted by atomic mass is 35.5. The first-order valence-corrected chi connectivity index (χ1v) is 16.5. The largest absolute Gasteiger partial charge is 0.384 e. The van der Waals surface area contributed by atoms with E-state index in [0.29, 0.717) is 71.6 Å². The summed E-state index contributed by atoms with van der Waals surface area (Å²) in [6.45, 7) is 4.83. The van der Waals surface area contributed by atoms with Crippen LogP contribution in [-0.2, 0) is 0 Å². The molecule has 0 aliphatic heterocycles. The van der Waals surface area contributed by atoms with Gasteiger partial charge in [0, 0.05) is 81.1 Å². The summed E-state index contributed by atoms with van der Waals surface area (Å²) in [5, 5.41) is 14.4. The maximum absolute atomic E-state index is 13.4. The maximum Gasteiger partial charge on any atom is 0.184 e. The van der Waals surface area contributed by atoms with Gasteiger partial charge in [-0.25, -0.2) is 37.6 Å². The molecule has 4 N–H and O–H groups in total. The first-order valence-electron chi connectivity index (χ1n) is 15.3. The summed E-state index contributed by atoms with van der Waals surface area (Å²) in [6.07, 6.45) is 12.5. The Balaban J connectivity index is 0.000000392. The Morgan fingerprint density at radius 2 is 1.32 bits per heavy atom. The van der Waals surface area contributed by atoms with Gasteiger partial charge in [0.25, 0.3) is 0 Å². The molecular formula is C38H37Cl3F4N12. The van der Waals surface area contributed by atoms with Crippen LogP contribution in [0.1, 0.15) is 42.7 Å². The molecule has 0 atom stereocenters. The molecular weight excluding hydrogens is 807 g/mol. The number of aromatic nitrogens is 8. The number of amidine groups is 1. The fourth-order valence-electron chi connectivity index (χ4n) is 4.13. The summed E-state index contributed by atoms with van der Waals surface area (Å²) in [4.78, 5) is 27.2. The third kappa shape index (κ3) is 13.8. The van der Waals surface area contributed by atoms with Crippen molar-refractivity contribution < 1.29 is 17.9 Å². The fraction of sp³-hybridized carbons (Fsp3) is 0.132. The Morgan fingerprint density at radius 3 is 1.89 bits per heavy atom. The topological polar surface area (TPSA) is 183 Å². The smallest absolute Gasteiger partial charge is 0.184 e. The summed E-state index contributed by atoms with van der Waals surface area (Å²) in [5.41, 5.74) is 14.2.